The molecule has 140 valence electrons. The van der Waals surface area contributed by atoms with Crippen LogP contribution in [0.2, 0.25) is 0 Å². The lowest BCUT2D eigenvalue weighted by Crippen LogP contribution is -2.14. The predicted molar refractivity (Wildman–Crippen MR) is 109 cm³/mol. The van der Waals surface area contributed by atoms with Gasteiger partial charge >= 0.3 is 0 Å². The van der Waals surface area contributed by atoms with Crippen molar-refractivity contribution in [3.05, 3.63) is 40.0 Å². The second-order valence-electron chi connectivity index (χ2n) is 6.93. The Labute approximate surface area is 166 Å². The number of hydrogen-bond donors (Lipinski definition) is 2. The van der Waals surface area contributed by atoms with Crippen LogP contribution < -0.4 is 5.32 Å². The Morgan fingerprint density at radius 3 is 2.70 bits per heavy atom. The number of nitrogens with one attached hydrogen (secondary N) is 2. The number of benzene rings is 1. The van der Waals surface area contributed by atoms with Crippen LogP contribution in [0.5, 0.6) is 0 Å². The largest absolute Gasteiger partial charge is 0.301 e. The van der Waals surface area contributed by atoms with E-state index >= 15 is 0 Å². The minimum absolute atomic E-state index is 0.101. The van der Waals surface area contributed by atoms with E-state index in [0.717, 1.165) is 17.1 Å². The lowest BCUT2D eigenvalue weighted by Gasteiger charge is -2.08. The molecule has 0 unspecified atom stereocenters. The number of hydrogen-bond acceptors (Lipinski definition) is 6. The van der Waals surface area contributed by atoms with Gasteiger partial charge in [0.05, 0.1) is 11.4 Å². The quantitative estimate of drug-likeness (QED) is 0.598. The number of aromatic amines is 1. The zero-order valence-electron chi connectivity index (χ0n) is 15.5. The highest BCUT2D eigenvalue weighted by atomic mass is 32.2. The van der Waals surface area contributed by atoms with E-state index in [1.54, 1.807) is 0 Å². The topological polar surface area (TPSA) is 83.6 Å². The molecule has 2 heterocycles. The first-order valence-electron chi connectivity index (χ1n) is 8.88. The highest BCUT2D eigenvalue weighted by molar-refractivity contribution is 7.99. The number of carbonyl (C=O) groups is 1. The summed E-state index contributed by atoms with van der Waals surface area (Å²) in [5.41, 5.74) is 5.68. The van der Waals surface area contributed by atoms with Gasteiger partial charge in [0, 0.05) is 16.9 Å². The third kappa shape index (κ3) is 4.22. The van der Waals surface area contributed by atoms with Gasteiger partial charge in [-0.25, -0.2) is 9.97 Å². The van der Waals surface area contributed by atoms with Gasteiger partial charge in [0.15, 0.2) is 5.13 Å². The van der Waals surface area contributed by atoms with E-state index in [2.05, 4.69) is 58.4 Å². The Kier molecular flexibility index (Phi) is 5.01. The van der Waals surface area contributed by atoms with Gasteiger partial charge in [-0.1, -0.05) is 29.5 Å². The highest BCUT2D eigenvalue weighted by Gasteiger charge is 2.27. The maximum atomic E-state index is 12.2. The molecule has 1 fully saturated rings. The second kappa shape index (κ2) is 7.44. The number of H-pyrrole nitrogens is 1. The SMILES string of the molecule is Cc1cc(C)c(-c2csc(NC(=O)CSc3n[nH]c(C4CC4)n3)n2)c(C)c1. The molecule has 6 nitrogen and oxygen atoms in total. The molecule has 1 aliphatic rings. The number of carbonyl (C=O) groups excluding carboxylic acids is 1. The van der Waals surface area contributed by atoms with Crippen molar-refractivity contribution < 1.29 is 4.79 Å². The van der Waals surface area contributed by atoms with Crippen molar-refractivity contribution in [2.75, 3.05) is 11.1 Å². The van der Waals surface area contributed by atoms with Crippen LogP contribution in [0.4, 0.5) is 5.13 Å². The molecule has 0 bridgehead atoms. The molecule has 1 amide bonds. The van der Waals surface area contributed by atoms with Crippen molar-refractivity contribution in [1.82, 2.24) is 20.2 Å². The van der Waals surface area contributed by atoms with Crippen LogP contribution in [-0.2, 0) is 4.79 Å². The number of thiazole rings is 1. The third-order valence-electron chi connectivity index (χ3n) is 4.46. The number of anilines is 1. The number of amides is 1. The minimum atomic E-state index is -0.101. The second-order valence-corrected chi connectivity index (χ2v) is 8.73. The van der Waals surface area contributed by atoms with E-state index in [4.69, 9.17) is 0 Å². The molecule has 4 rings (SSSR count). The third-order valence-corrected chi connectivity index (χ3v) is 6.07. The Hall–Kier alpha value is -2.19. The summed E-state index contributed by atoms with van der Waals surface area (Å²) in [6.07, 6.45) is 2.35. The van der Waals surface area contributed by atoms with Crippen molar-refractivity contribution >= 4 is 34.1 Å². The van der Waals surface area contributed by atoms with Crippen LogP contribution in [0.25, 0.3) is 11.3 Å². The zero-order chi connectivity index (χ0) is 19.0. The number of rotatable bonds is 6. The van der Waals surface area contributed by atoms with Gasteiger partial charge < -0.3 is 5.32 Å². The van der Waals surface area contributed by atoms with Crippen molar-refractivity contribution in [3.63, 3.8) is 0 Å². The van der Waals surface area contributed by atoms with Gasteiger partial charge in [0.2, 0.25) is 11.1 Å². The van der Waals surface area contributed by atoms with Crippen LogP contribution in [0.1, 0.15) is 41.3 Å². The number of thioether (sulfide) groups is 1. The monoisotopic (exact) mass is 399 g/mol. The van der Waals surface area contributed by atoms with E-state index in [1.165, 1.54) is 52.6 Å². The van der Waals surface area contributed by atoms with Crippen molar-refractivity contribution in [2.45, 2.75) is 44.7 Å². The average Bonchev–Trinajstić information content (AvgIpc) is 3.17. The van der Waals surface area contributed by atoms with Crippen molar-refractivity contribution in [2.24, 2.45) is 0 Å². The van der Waals surface area contributed by atoms with Gasteiger partial charge in [-0.2, -0.15) is 0 Å². The van der Waals surface area contributed by atoms with Gasteiger partial charge in [0.25, 0.3) is 0 Å². The maximum Gasteiger partial charge on any atom is 0.236 e. The fourth-order valence-electron chi connectivity index (χ4n) is 3.18. The summed E-state index contributed by atoms with van der Waals surface area (Å²) in [4.78, 5) is 21.3. The molecule has 0 atom stereocenters. The van der Waals surface area contributed by atoms with Gasteiger partial charge in [0.1, 0.15) is 5.82 Å². The molecular weight excluding hydrogens is 378 g/mol. The molecule has 2 N–H and O–H groups in total. The van der Waals surface area contributed by atoms with Crippen LogP contribution in [-0.4, -0.2) is 31.8 Å². The lowest BCUT2D eigenvalue weighted by atomic mass is 9.98. The Bertz CT molecular complexity index is 967. The van der Waals surface area contributed by atoms with E-state index in [-0.39, 0.29) is 11.7 Å². The van der Waals surface area contributed by atoms with E-state index in [9.17, 15) is 4.79 Å². The summed E-state index contributed by atoms with van der Waals surface area (Å²) in [6, 6.07) is 4.31. The summed E-state index contributed by atoms with van der Waals surface area (Å²) < 4.78 is 0. The molecule has 0 radical (unpaired) electrons. The summed E-state index contributed by atoms with van der Waals surface area (Å²) >= 11 is 2.78. The number of aromatic nitrogens is 4. The molecule has 0 aliphatic heterocycles. The number of aryl methyl sites for hydroxylation is 3. The molecule has 1 aromatic carbocycles. The van der Waals surface area contributed by atoms with Gasteiger partial charge in [-0.05, 0) is 44.7 Å². The number of nitrogens with zero attached hydrogens (tertiary/aromatic N) is 3. The Morgan fingerprint density at radius 1 is 1.26 bits per heavy atom. The molecule has 1 saturated carbocycles. The van der Waals surface area contributed by atoms with Gasteiger partial charge in [-0.3, -0.25) is 9.89 Å². The minimum Gasteiger partial charge on any atom is -0.301 e. The molecular formula is C19H21N5OS2. The zero-order valence-corrected chi connectivity index (χ0v) is 17.1. The van der Waals surface area contributed by atoms with Gasteiger partial charge in [-0.15, -0.1) is 16.4 Å². The van der Waals surface area contributed by atoms with Crippen molar-refractivity contribution in [3.8, 4) is 11.3 Å². The highest BCUT2D eigenvalue weighted by Crippen LogP contribution is 2.38. The Morgan fingerprint density at radius 2 is 2.00 bits per heavy atom. The summed E-state index contributed by atoms with van der Waals surface area (Å²) in [6.45, 7) is 6.28. The summed E-state index contributed by atoms with van der Waals surface area (Å²) in [5.74, 6) is 1.63. The molecule has 27 heavy (non-hydrogen) atoms. The van der Waals surface area contributed by atoms with Crippen LogP contribution in [0, 0.1) is 20.8 Å². The van der Waals surface area contributed by atoms with E-state index < -0.39 is 0 Å². The average molecular weight is 400 g/mol. The molecule has 3 aromatic rings. The predicted octanol–water partition coefficient (Wildman–Crippen LogP) is 4.46. The van der Waals surface area contributed by atoms with Crippen LogP contribution in [0.3, 0.4) is 0 Å². The fraction of sp³-hybridized carbons (Fsp3) is 0.368. The lowest BCUT2D eigenvalue weighted by molar-refractivity contribution is -0.113. The molecule has 2 aromatic heterocycles. The van der Waals surface area contributed by atoms with Crippen LogP contribution >= 0.6 is 23.1 Å². The van der Waals surface area contributed by atoms with E-state index in [1.807, 2.05) is 5.38 Å². The van der Waals surface area contributed by atoms with E-state index in [0.29, 0.717) is 16.2 Å². The normalized spacial score (nSPS) is 13.7. The smallest absolute Gasteiger partial charge is 0.236 e. The molecule has 1 aliphatic carbocycles. The van der Waals surface area contributed by atoms with Crippen LogP contribution in [0.15, 0.2) is 22.7 Å². The fourth-order valence-corrected chi connectivity index (χ4v) is 4.50. The standard InChI is InChI=1S/C19H21N5OS2/c1-10-6-11(2)16(12(3)7-10)14-8-26-18(20-14)21-15(25)9-27-19-22-17(23-24-19)13-4-5-13/h6-8,13H,4-5,9H2,1-3H3,(H,20,21,25)(H,22,23,24). The van der Waals surface area contributed by atoms with Crippen molar-refractivity contribution in [1.29, 1.82) is 0 Å². The molecule has 8 heteroatoms. The maximum absolute atomic E-state index is 12.2. The molecule has 0 spiro atoms. The first-order chi connectivity index (χ1) is 13.0. The Balaban J connectivity index is 1.38. The summed E-state index contributed by atoms with van der Waals surface area (Å²) in [7, 11) is 0. The summed E-state index contributed by atoms with van der Waals surface area (Å²) in [5, 5.41) is 13.2. The first-order valence-corrected chi connectivity index (χ1v) is 10.7. The first kappa shape index (κ1) is 18.2. The molecule has 0 saturated heterocycles.